The molecule has 0 bridgehead atoms. The van der Waals surface area contributed by atoms with Crippen LogP contribution < -0.4 is 9.09 Å². The number of hydrogen-bond acceptors (Lipinski definition) is 3. The van der Waals surface area contributed by atoms with Crippen LogP contribution in [0.2, 0.25) is 5.71 Å². The first-order valence-corrected chi connectivity index (χ1v) is 11.9. The Bertz CT molecular complexity index is 828. The number of rotatable bonds is 6. The molecule has 2 aromatic rings. The van der Waals surface area contributed by atoms with Crippen LogP contribution in [0.1, 0.15) is 56.1 Å². The number of ether oxygens (including phenoxy) is 1. The number of phenols is 1. The van der Waals surface area contributed by atoms with E-state index >= 15 is 0 Å². The normalized spacial score (nSPS) is 12.4. The Kier molecular flexibility index (Phi) is 6.94. The van der Waals surface area contributed by atoms with Gasteiger partial charge in [0.15, 0.2) is 0 Å². The summed E-state index contributed by atoms with van der Waals surface area (Å²) in [5.41, 5.74) is 4.24. The summed E-state index contributed by atoms with van der Waals surface area (Å²) in [5.74, 6) is 0.735. The van der Waals surface area contributed by atoms with Crippen molar-refractivity contribution in [1.82, 2.24) is 0 Å². The molecule has 0 atom stereocenters. The van der Waals surface area contributed by atoms with Gasteiger partial charge < -0.3 is 0 Å². The van der Waals surface area contributed by atoms with Gasteiger partial charge in [-0.25, -0.2) is 0 Å². The molecule has 0 unspecified atom stereocenters. The van der Waals surface area contributed by atoms with Crippen LogP contribution in [0.15, 0.2) is 42.5 Å². The Hall–Kier alpha value is -1.99. The molecule has 143 valence electrons. The predicted octanol–water partition coefficient (Wildman–Crippen LogP) is 4.75. The Morgan fingerprint density at radius 2 is 1.78 bits per heavy atom. The first kappa shape index (κ1) is 21.3. The summed E-state index contributed by atoms with van der Waals surface area (Å²) in [6.07, 6.45) is 3.31. The van der Waals surface area contributed by atoms with Gasteiger partial charge in [0.05, 0.1) is 0 Å². The summed E-state index contributed by atoms with van der Waals surface area (Å²) in [6.45, 7) is 10.00. The van der Waals surface area contributed by atoms with Gasteiger partial charge >= 0.3 is 169 Å². The summed E-state index contributed by atoms with van der Waals surface area (Å²) in [4.78, 5) is 12.5. The number of carbonyl (C=O) groups is 1. The molecule has 0 saturated carbocycles. The fourth-order valence-electron chi connectivity index (χ4n) is 2.71. The monoisotopic (exact) mass is 427 g/mol. The maximum absolute atomic E-state index is 12.5. The predicted molar refractivity (Wildman–Crippen MR) is 114 cm³/mol. The van der Waals surface area contributed by atoms with E-state index in [1.807, 2.05) is 65.0 Å². The van der Waals surface area contributed by atoms with Gasteiger partial charge in [0.25, 0.3) is 0 Å². The van der Waals surface area contributed by atoms with Crippen molar-refractivity contribution in [3.05, 3.63) is 59.2 Å². The van der Waals surface area contributed by atoms with Gasteiger partial charge in [0.1, 0.15) is 0 Å². The van der Waals surface area contributed by atoms with E-state index < -0.39 is 0 Å². The molecule has 4 heteroatoms. The summed E-state index contributed by atoms with van der Waals surface area (Å²) in [6, 6.07) is 11.3. The SMILES string of the molecule is C[As]c1ccc(C(=O)C=Cc2cc(C(C)(C)C)c(O)cc2OC(C)C)cc1. The Labute approximate surface area is 169 Å². The molecule has 3 nitrogen and oxygen atoms in total. The number of phenolic OH excluding ortho intramolecular Hbond substituents is 1. The third-order valence-electron chi connectivity index (χ3n) is 4.12. The zero-order valence-electron chi connectivity index (χ0n) is 16.9. The third-order valence-corrected chi connectivity index (χ3v) is 5.83. The van der Waals surface area contributed by atoms with E-state index in [4.69, 9.17) is 4.74 Å². The summed E-state index contributed by atoms with van der Waals surface area (Å²) in [7, 11) is 0. The molecule has 0 saturated heterocycles. The second kappa shape index (κ2) is 8.80. The van der Waals surface area contributed by atoms with Crippen molar-refractivity contribution in [3.8, 4) is 11.5 Å². The van der Waals surface area contributed by atoms with Gasteiger partial charge in [0.2, 0.25) is 0 Å². The van der Waals surface area contributed by atoms with Crippen molar-refractivity contribution in [1.29, 1.82) is 0 Å². The molecule has 0 aliphatic carbocycles. The molecule has 2 rings (SSSR count). The Balaban J connectivity index is 2.38. The van der Waals surface area contributed by atoms with Crippen molar-refractivity contribution < 1.29 is 14.6 Å². The number of carbonyl (C=O) groups excluding carboxylic acids is 1. The molecule has 1 N–H and O–H groups in total. The summed E-state index contributed by atoms with van der Waals surface area (Å²) in [5, 5.41) is 10.4. The minimum atomic E-state index is -0.217. The van der Waals surface area contributed by atoms with Crippen LogP contribution in [0.5, 0.6) is 11.5 Å². The second-order valence-electron chi connectivity index (χ2n) is 7.79. The number of aromatic hydroxyl groups is 1. The molecular formula is C23H28AsO3. The van der Waals surface area contributed by atoms with E-state index in [2.05, 4.69) is 5.71 Å². The van der Waals surface area contributed by atoms with E-state index in [0.29, 0.717) is 11.3 Å². The van der Waals surface area contributed by atoms with Gasteiger partial charge in [-0.3, -0.25) is 0 Å². The minimum absolute atomic E-state index is 0.0304. The van der Waals surface area contributed by atoms with Crippen molar-refractivity contribution in [3.63, 3.8) is 0 Å². The summed E-state index contributed by atoms with van der Waals surface area (Å²) < 4.78 is 7.14. The van der Waals surface area contributed by atoms with Crippen LogP contribution in [0.3, 0.4) is 0 Å². The molecule has 0 heterocycles. The molecule has 0 aliphatic heterocycles. The fraction of sp³-hybridized carbons (Fsp3) is 0.348. The summed E-state index contributed by atoms with van der Waals surface area (Å²) >= 11 is 0.166. The molecule has 0 aliphatic rings. The van der Waals surface area contributed by atoms with Gasteiger partial charge in [-0.05, 0) is 0 Å². The molecule has 0 amide bonds. The second-order valence-corrected chi connectivity index (χ2v) is 9.81. The van der Waals surface area contributed by atoms with Crippen LogP contribution in [-0.4, -0.2) is 32.7 Å². The van der Waals surface area contributed by atoms with Crippen molar-refractivity contribution in [2.45, 2.75) is 51.8 Å². The first-order valence-electron chi connectivity index (χ1n) is 9.08. The standard InChI is InChI=1S/C23H28AsO3/c1-15(2)27-22-14-21(26)19(23(3,4)5)13-17(22)9-12-20(25)16-7-10-18(24-6)11-8-16/h7-15,26H,1-6H3. The molecule has 27 heavy (non-hydrogen) atoms. The Morgan fingerprint density at radius 3 is 2.30 bits per heavy atom. The van der Waals surface area contributed by atoms with Crippen LogP contribution in [0.25, 0.3) is 6.08 Å². The zero-order valence-corrected chi connectivity index (χ0v) is 18.8. The van der Waals surface area contributed by atoms with Crippen LogP contribution in [0.4, 0.5) is 0 Å². The van der Waals surface area contributed by atoms with E-state index in [-0.39, 0.29) is 38.8 Å². The molecule has 0 aromatic heterocycles. The van der Waals surface area contributed by atoms with E-state index in [1.54, 1.807) is 18.2 Å². The van der Waals surface area contributed by atoms with E-state index in [0.717, 1.165) is 11.1 Å². The number of benzene rings is 2. The maximum atomic E-state index is 12.5. The van der Waals surface area contributed by atoms with Crippen molar-refractivity contribution in [2.24, 2.45) is 0 Å². The Morgan fingerprint density at radius 1 is 1.15 bits per heavy atom. The average molecular weight is 427 g/mol. The van der Waals surface area contributed by atoms with Gasteiger partial charge in [-0.15, -0.1) is 0 Å². The molecule has 1 radical (unpaired) electrons. The van der Waals surface area contributed by atoms with Crippen LogP contribution in [0, 0.1) is 0 Å². The zero-order chi connectivity index (χ0) is 20.2. The molecule has 0 spiro atoms. The van der Waals surface area contributed by atoms with Crippen LogP contribution >= 0.6 is 0 Å². The number of ketones is 1. The molecule has 2 aromatic carbocycles. The fourth-order valence-corrected chi connectivity index (χ4v) is 3.65. The molecular weight excluding hydrogens is 399 g/mol. The topological polar surface area (TPSA) is 46.5 Å². The number of allylic oxidation sites excluding steroid dienone is 1. The van der Waals surface area contributed by atoms with Crippen LogP contribution in [-0.2, 0) is 5.41 Å². The first-order chi connectivity index (χ1) is 12.6. The third kappa shape index (κ3) is 5.74. The quantitative estimate of drug-likeness (QED) is 0.411. The number of hydrogen-bond donors (Lipinski definition) is 1. The average Bonchev–Trinajstić information content (AvgIpc) is 2.59. The van der Waals surface area contributed by atoms with Gasteiger partial charge in [-0.1, -0.05) is 0 Å². The van der Waals surface area contributed by atoms with Crippen molar-refractivity contribution in [2.75, 3.05) is 0 Å². The van der Waals surface area contributed by atoms with Crippen molar-refractivity contribution >= 4 is 32.0 Å². The van der Waals surface area contributed by atoms with Gasteiger partial charge in [-0.2, -0.15) is 0 Å². The van der Waals surface area contributed by atoms with Gasteiger partial charge in [0, 0.05) is 0 Å². The molecule has 0 fully saturated rings. The van der Waals surface area contributed by atoms with E-state index in [1.165, 1.54) is 4.35 Å². The van der Waals surface area contributed by atoms with E-state index in [9.17, 15) is 9.90 Å².